The number of ether oxygens (including phenoxy) is 1. The van der Waals surface area contributed by atoms with E-state index in [4.69, 9.17) is 9.72 Å². The van der Waals surface area contributed by atoms with Gasteiger partial charge in [0.15, 0.2) is 0 Å². The molecule has 0 amide bonds. The molecule has 35 heavy (non-hydrogen) atoms. The van der Waals surface area contributed by atoms with Gasteiger partial charge in [-0.1, -0.05) is 6.07 Å². The maximum Gasteiger partial charge on any atom is 0.277 e. The summed E-state index contributed by atoms with van der Waals surface area (Å²) in [5, 5.41) is 6.99. The first-order valence-electron chi connectivity index (χ1n) is 12.1. The normalized spacial score (nSPS) is 19.7. The third-order valence-corrected chi connectivity index (χ3v) is 6.58. The summed E-state index contributed by atoms with van der Waals surface area (Å²) in [6.07, 6.45) is 3.37. The van der Waals surface area contributed by atoms with Gasteiger partial charge in [0, 0.05) is 58.3 Å². The highest BCUT2D eigenvalue weighted by atomic mass is 16.5. The van der Waals surface area contributed by atoms with Crippen LogP contribution in [0.15, 0.2) is 41.5 Å². The van der Waals surface area contributed by atoms with E-state index in [1.807, 2.05) is 71.0 Å². The number of aryl methyl sites for hydroxylation is 2. The molecular weight excluding hydrogens is 442 g/mol. The van der Waals surface area contributed by atoms with E-state index in [9.17, 15) is 4.79 Å². The lowest BCUT2D eigenvalue weighted by Crippen LogP contribution is -2.49. The summed E-state index contributed by atoms with van der Waals surface area (Å²) in [5.74, 6) is 1.48. The number of anilines is 2. The Kier molecular flexibility index (Phi) is 7.18. The van der Waals surface area contributed by atoms with Gasteiger partial charge in [0.25, 0.3) is 5.56 Å². The first kappa shape index (κ1) is 24.8. The van der Waals surface area contributed by atoms with Crippen LogP contribution in [0.5, 0.6) is 0 Å². The Hall–Kier alpha value is -3.30. The highest BCUT2D eigenvalue weighted by Gasteiger charge is 2.47. The molecule has 0 unspecified atom stereocenters. The smallest absolute Gasteiger partial charge is 0.277 e. The molecule has 2 atom stereocenters. The number of aromatic nitrogens is 4. The molecule has 3 aromatic rings. The zero-order chi connectivity index (χ0) is 25.2. The largest absolute Gasteiger partial charge is 0.374 e. The van der Waals surface area contributed by atoms with Gasteiger partial charge in [0.05, 0.1) is 17.5 Å². The minimum Gasteiger partial charge on any atom is -0.374 e. The molecule has 0 bridgehead atoms. The van der Waals surface area contributed by atoms with Crippen molar-refractivity contribution >= 4 is 11.5 Å². The fraction of sp³-hybridized carbons (Fsp3) is 0.462. The molecule has 1 fully saturated rings. The number of hydrogen-bond acceptors (Lipinski definition) is 8. The third kappa shape index (κ3) is 4.53. The zero-order valence-electron chi connectivity index (χ0n) is 21.4. The van der Waals surface area contributed by atoms with Crippen LogP contribution in [0.3, 0.4) is 0 Å². The predicted molar refractivity (Wildman–Crippen MR) is 139 cm³/mol. The minimum atomic E-state index is -0.694. The van der Waals surface area contributed by atoms with Crippen LogP contribution in [0.4, 0.5) is 11.5 Å². The summed E-state index contributed by atoms with van der Waals surface area (Å²) in [4.78, 5) is 29.9. The third-order valence-electron chi connectivity index (χ3n) is 6.58. The van der Waals surface area contributed by atoms with Gasteiger partial charge in [-0.05, 0) is 51.5 Å². The Balaban J connectivity index is 1.83. The van der Waals surface area contributed by atoms with E-state index in [0.29, 0.717) is 43.4 Å². The second-order valence-electron chi connectivity index (χ2n) is 9.08. The summed E-state index contributed by atoms with van der Waals surface area (Å²) in [7, 11) is 3.91. The highest BCUT2D eigenvalue weighted by molar-refractivity contribution is 5.64. The molecule has 1 aliphatic heterocycles. The Morgan fingerprint density at radius 2 is 2.06 bits per heavy atom. The van der Waals surface area contributed by atoms with Gasteiger partial charge >= 0.3 is 0 Å². The number of pyridine rings is 2. The molecule has 1 aliphatic rings. The predicted octanol–water partition coefficient (Wildman–Crippen LogP) is 2.72. The molecule has 2 N–H and O–H groups in total. The van der Waals surface area contributed by atoms with Crippen molar-refractivity contribution in [3.8, 4) is 11.4 Å². The van der Waals surface area contributed by atoms with Crippen molar-refractivity contribution in [1.82, 2.24) is 24.8 Å². The van der Waals surface area contributed by atoms with Crippen LogP contribution in [0.25, 0.3) is 11.4 Å². The molecule has 4 rings (SSSR count). The van der Waals surface area contributed by atoms with E-state index in [1.54, 1.807) is 17.0 Å². The standard InChI is InChI=1S/C26H35N7O2/c1-7-33-24(19-14-29-22(32(5)6)13-17(19)3)30-18(4)23(25(33)34)31-26(20-11-9-10-12-28-20)16-27-15-21(26)35-8-2/h9-14,21,27,31H,7-8,15-16H2,1-6H3/t21-,26+/m0/s1. The summed E-state index contributed by atoms with van der Waals surface area (Å²) in [5.41, 5.74) is 2.96. The average molecular weight is 478 g/mol. The lowest BCUT2D eigenvalue weighted by molar-refractivity contribution is 0.0384. The molecule has 9 heteroatoms. The van der Waals surface area contributed by atoms with Crippen LogP contribution in [-0.4, -0.2) is 59.4 Å². The minimum absolute atomic E-state index is 0.122. The van der Waals surface area contributed by atoms with Crippen LogP contribution in [0.2, 0.25) is 0 Å². The van der Waals surface area contributed by atoms with Crippen LogP contribution in [-0.2, 0) is 16.8 Å². The van der Waals surface area contributed by atoms with Crippen molar-refractivity contribution in [2.24, 2.45) is 0 Å². The summed E-state index contributed by atoms with van der Waals surface area (Å²) < 4.78 is 7.82. The van der Waals surface area contributed by atoms with E-state index < -0.39 is 5.54 Å². The van der Waals surface area contributed by atoms with Crippen molar-refractivity contribution in [2.45, 2.75) is 45.9 Å². The number of hydrogen-bond donors (Lipinski definition) is 2. The van der Waals surface area contributed by atoms with Crippen LogP contribution in [0.1, 0.15) is 30.8 Å². The Bertz CT molecular complexity index is 1240. The van der Waals surface area contributed by atoms with Crippen LogP contribution in [0, 0.1) is 13.8 Å². The van der Waals surface area contributed by atoms with Crippen molar-refractivity contribution in [3.05, 3.63) is 64.0 Å². The molecule has 186 valence electrons. The van der Waals surface area contributed by atoms with Crippen LogP contribution >= 0.6 is 0 Å². The summed E-state index contributed by atoms with van der Waals surface area (Å²) in [6.45, 7) is 10.1. The summed E-state index contributed by atoms with van der Waals surface area (Å²) in [6, 6.07) is 7.83. The highest BCUT2D eigenvalue weighted by Crippen LogP contribution is 2.34. The topological polar surface area (TPSA) is 97.2 Å². The van der Waals surface area contributed by atoms with Gasteiger partial charge in [-0.25, -0.2) is 9.97 Å². The first-order valence-corrected chi connectivity index (χ1v) is 12.1. The monoisotopic (exact) mass is 477 g/mol. The fourth-order valence-electron chi connectivity index (χ4n) is 4.71. The average Bonchev–Trinajstić information content (AvgIpc) is 3.25. The SMILES string of the molecule is CCO[C@H]1CNC[C@@]1(Nc1c(C)nc(-c2cnc(N(C)C)cc2C)n(CC)c1=O)c1ccccn1. The van der Waals surface area contributed by atoms with Crippen molar-refractivity contribution in [3.63, 3.8) is 0 Å². The maximum atomic E-state index is 13.9. The van der Waals surface area contributed by atoms with E-state index >= 15 is 0 Å². The van der Waals surface area contributed by atoms with Gasteiger partial charge in [-0.2, -0.15) is 0 Å². The van der Waals surface area contributed by atoms with E-state index in [0.717, 1.165) is 22.6 Å². The van der Waals surface area contributed by atoms with Gasteiger partial charge in [-0.3, -0.25) is 14.3 Å². The molecule has 0 aromatic carbocycles. The number of rotatable bonds is 8. The van der Waals surface area contributed by atoms with Crippen LogP contribution < -0.4 is 21.1 Å². The molecule has 9 nitrogen and oxygen atoms in total. The summed E-state index contributed by atoms with van der Waals surface area (Å²) >= 11 is 0. The van der Waals surface area contributed by atoms with Gasteiger partial charge in [0.2, 0.25) is 0 Å². The lowest BCUT2D eigenvalue weighted by atomic mass is 9.90. The molecular formula is C26H35N7O2. The fourth-order valence-corrected chi connectivity index (χ4v) is 4.71. The second-order valence-corrected chi connectivity index (χ2v) is 9.08. The molecule has 1 saturated heterocycles. The maximum absolute atomic E-state index is 13.9. The van der Waals surface area contributed by atoms with E-state index in [2.05, 4.69) is 20.6 Å². The van der Waals surface area contributed by atoms with Gasteiger partial charge in [-0.15, -0.1) is 0 Å². The second kappa shape index (κ2) is 10.1. The Morgan fingerprint density at radius 3 is 2.69 bits per heavy atom. The lowest BCUT2D eigenvalue weighted by Gasteiger charge is -2.36. The van der Waals surface area contributed by atoms with Crippen molar-refractivity contribution < 1.29 is 4.74 Å². The molecule has 0 spiro atoms. The Morgan fingerprint density at radius 1 is 1.26 bits per heavy atom. The quantitative estimate of drug-likeness (QED) is 0.511. The van der Waals surface area contributed by atoms with Crippen molar-refractivity contribution in [2.75, 3.05) is 44.0 Å². The number of nitrogens with one attached hydrogen (secondary N) is 2. The van der Waals surface area contributed by atoms with Gasteiger partial charge in [0.1, 0.15) is 22.9 Å². The first-order chi connectivity index (χ1) is 16.8. The number of nitrogens with zero attached hydrogens (tertiary/aromatic N) is 5. The molecule has 0 aliphatic carbocycles. The van der Waals surface area contributed by atoms with Gasteiger partial charge < -0.3 is 20.3 Å². The molecule has 3 aromatic heterocycles. The Labute approximate surface area is 206 Å². The molecule has 0 radical (unpaired) electrons. The van der Waals surface area contributed by atoms with E-state index in [-0.39, 0.29) is 11.7 Å². The molecule has 4 heterocycles. The van der Waals surface area contributed by atoms with E-state index in [1.165, 1.54) is 0 Å². The van der Waals surface area contributed by atoms with Crippen molar-refractivity contribution in [1.29, 1.82) is 0 Å². The zero-order valence-corrected chi connectivity index (χ0v) is 21.4. The molecule has 0 saturated carbocycles.